The van der Waals surface area contributed by atoms with Crippen LogP contribution in [-0.2, 0) is 0 Å². The van der Waals surface area contributed by atoms with Crippen LogP contribution in [-0.4, -0.2) is 0 Å². The SMILES string of the molecule is Sc1cc(Br)cc(I)c1. The first-order chi connectivity index (χ1) is 4.18. The van der Waals surface area contributed by atoms with Gasteiger partial charge in [-0.1, -0.05) is 15.9 Å². The van der Waals surface area contributed by atoms with Crippen LogP contribution in [0.1, 0.15) is 0 Å². The lowest BCUT2D eigenvalue weighted by atomic mass is 10.4. The van der Waals surface area contributed by atoms with Gasteiger partial charge in [0.05, 0.1) is 0 Å². The van der Waals surface area contributed by atoms with Crippen molar-refractivity contribution in [2.24, 2.45) is 0 Å². The molecule has 0 nitrogen and oxygen atoms in total. The van der Waals surface area contributed by atoms with Gasteiger partial charge in [-0.15, -0.1) is 12.6 Å². The fourth-order valence-corrected chi connectivity index (χ4v) is 2.83. The van der Waals surface area contributed by atoms with Crippen molar-refractivity contribution in [2.45, 2.75) is 4.90 Å². The van der Waals surface area contributed by atoms with Crippen molar-refractivity contribution in [2.75, 3.05) is 0 Å². The fourth-order valence-electron chi connectivity index (χ4n) is 0.539. The molecule has 0 heterocycles. The third kappa shape index (κ3) is 2.47. The average molecular weight is 315 g/mol. The molecule has 0 saturated heterocycles. The number of hydrogen-bond acceptors (Lipinski definition) is 1. The molecule has 0 N–H and O–H groups in total. The van der Waals surface area contributed by atoms with Gasteiger partial charge in [0.2, 0.25) is 0 Å². The van der Waals surface area contributed by atoms with Crippen LogP contribution >= 0.6 is 51.1 Å². The van der Waals surface area contributed by atoms with Crippen LogP contribution < -0.4 is 0 Å². The fraction of sp³-hybridized carbons (Fsp3) is 0. The smallest absolute Gasteiger partial charge is 0.0196 e. The molecule has 0 spiro atoms. The maximum absolute atomic E-state index is 4.19. The lowest BCUT2D eigenvalue weighted by Crippen LogP contribution is -1.71. The molecule has 0 unspecified atom stereocenters. The zero-order valence-electron chi connectivity index (χ0n) is 4.44. The largest absolute Gasteiger partial charge is 0.143 e. The Morgan fingerprint density at radius 3 is 2.44 bits per heavy atom. The Kier molecular flexibility index (Phi) is 2.85. The Morgan fingerprint density at radius 2 is 2.00 bits per heavy atom. The maximum atomic E-state index is 4.19. The van der Waals surface area contributed by atoms with Gasteiger partial charge in [0.1, 0.15) is 0 Å². The Bertz CT molecular complexity index is 174. The second-order valence-corrected chi connectivity index (χ2v) is 4.31. The van der Waals surface area contributed by atoms with Crippen molar-refractivity contribution in [1.82, 2.24) is 0 Å². The lowest BCUT2D eigenvalue weighted by molar-refractivity contribution is 1.42. The van der Waals surface area contributed by atoms with Gasteiger partial charge in [0.25, 0.3) is 0 Å². The molecule has 0 aliphatic heterocycles. The van der Waals surface area contributed by atoms with Crippen LogP contribution in [0.3, 0.4) is 0 Å². The summed E-state index contributed by atoms with van der Waals surface area (Å²) >= 11 is 9.80. The molecule has 0 fully saturated rings. The van der Waals surface area contributed by atoms with E-state index in [0.717, 1.165) is 9.37 Å². The number of thiol groups is 1. The van der Waals surface area contributed by atoms with E-state index in [1.165, 1.54) is 3.57 Å². The van der Waals surface area contributed by atoms with E-state index in [2.05, 4.69) is 51.1 Å². The van der Waals surface area contributed by atoms with Crippen molar-refractivity contribution in [3.8, 4) is 0 Å². The molecular formula is C6H4BrIS. The molecule has 0 bridgehead atoms. The quantitative estimate of drug-likeness (QED) is 0.551. The van der Waals surface area contributed by atoms with Gasteiger partial charge in [-0.05, 0) is 40.8 Å². The Balaban J connectivity index is 3.17. The highest BCUT2D eigenvalue weighted by Crippen LogP contribution is 2.18. The maximum Gasteiger partial charge on any atom is 0.0196 e. The summed E-state index contributed by atoms with van der Waals surface area (Å²) in [6.07, 6.45) is 0. The minimum Gasteiger partial charge on any atom is -0.143 e. The van der Waals surface area contributed by atoms with Crippen LogP contribution in [0.4, 0.5) is 0 Å². The van der Waals surface area contributed by atoms with Gasteiger partial charge < -0.3 is 0 Å². The first-order valence-corrected chi connectivity index (χ1v) is 4.65. The normalized spacial score (nSPS) is 9.67. The highest BCUT2D eigenvalue weighted by molar-refractivity contribution is 14.1. The summed E-state index contributed by atoms with van der Waals surface area (Å²) in [6, 6.07) is 6.01. The van der Waals surface area contributed by atoms with Crippen LogP contribution in [0.2, 0.25) is 0 Å². The van der Waals surface area contributed by atoms with E-state index in [-0.39, 0.29) is 0 Å². The highest BCUT2D eigenvalue weighted by Gasteiger charge is 1.90. The van der Waals surface area contributed by atoms with E-state index in [0.29, 0.717) is 0 Å². The zero-order valence-corrected chi connectivity index (χ0v) is 9.07. The number of hydrogen-bond donors (Lipinski definition) is 1. The monoisotopic (exact) mass is 314 g/mol. The Labute approximate surface area is 81.7 Å². The summed E-state index contributed by atoms with van der Waals surface area (Å²) in [5, 5.41) is 0. The van der Waals surface area contributed by atoms with Crippen LogP contribution in [0.5, 0.6) is 0 Å². The predicted molar refractivity (Wildman–Crippen MR) is 54.1 cm³/mol. The number of benzene rings is 1. The summed E-state index contributed by atoms with van der Waals surface area (Å²) < 4.78 is 2.28. The minimum atomic E-state index is 0.994. The van der Waals surface area contributed by atoms with E-state index in [9.17, 15) is 0 Å². The molecular weight excluding hydrogens is 311 g/mol. The summed E-state index contributed by atoms with van der Waals surface area (Å²) in [6.45, 7) is 0. The number of halogens is 2. The Hall–Kier alpha value is 0.780. The molecule has 9 heavy (non-hydrogen) atoms. The van der Waals surface area contributed by atoms with E-state index < -0.39 is 0 Å². The van der Waals surface area contributed by atoms with Gasteiger partial charge in [-0.25, -0.2) is 0 Å². The van der Waals surface area contributed by atoms with Gasteiger partial charge in [-0.3, -0.25) is 0 Å². The third-order valence-electron chi connectivity index (χ3n) is 0.847. The van der Waals surface area contributed by atoms with Gasteiger partial charge in [-0.2, -0.15) is 0 Å². The topological polar surface area (TPSA) is 0 Å². The first-order valence-electron chi connectivity index (χ1n) is 2.33. The third-order valence-corrected chi connectivity index (χ3v) is 2.19. The molecule has 0 atom stereocenters. The van der Waals surface area contributed by atoms with Crippen molar-refractivity contribution in [3.63, 3.8) is 0 Å². The van der Waals surface area contributed by atoms with Gasteiger partial charge >= 0.3 is 0 Å². The molecule has 0 aliphatic rings. The molecule has 0 aromatic heterocycles. The van der Waals surface area contributed by atoms with E-state index in [1.807, 2.05) is 18.2 Å². The Morgan fingerprint density at radius 1 is 1.33 bits per heavy atom. The minimum absolute atomic E-state index is 0.994. The van der Waals surface area contributed by atoms with Gasteiger partial charge in [0.15, 0.2) is 0 Å². The van der Waals surface area contributed by atoms with Crippen molar-refractivity contribution >= 4 is 51.1 Å². The standard InChI is InChI=1S/C6H4BrIS/c7-4-1-5(8)3-6(9)2-4/h1-3,9H. The van der Waals surface area contributed by atoms with E-state index in [1.54, 1.807) is 0 Å². The zero-order chi connectivity index (χ0) is 6.85. The molecule has 3 heteroatoms. The summed E-state index contributed by atoms with van der Waals surface area (Å²) in [5.74, 6) is 0. The number of rotatable bonds is 0. The van der Waals surface area contributed by atoms with Crippen molar-refractivity contribution < 1.29 is 0 Å². The second kappa shape index (κ2) is 3.25. The summed E-state index contributed by atoms with van der Waals surface area (Å²) in [7, 11) is 0. The summed E-state index contributed by atoms with van der Waals surface area (Å²) in [5.41, 5.74) is 0. The first kappa shape index (κ1) is 7.88. The van der Waals surface area contributed by atoms with Crippen LogP contribution in [0, 0.1) is 3.57 Å². The molecule has 0 aliphatic carbocycles. The van der Waals surface area contributed by atoms with Crippen LogP contribution in [0.15, 0.2) is 27.6 Å². The molecule has 0 saturated carbocycles. The van der Waals surface area contributed by atoms with E-state index >= 15 is 0 Å². The van der Waals surface area contributed by atoms with E-state index in [4.69, 9.17) is 0 Å². The van der Waals surface area contributed by atoms with Crippen molar-refractivity contribution in [3.05, 3.63) is 26.2 Å². The summed E-state index contributed by atoms with van der Waals surface area (Å²) in [4.78, 5) is 0.994. The second-order valence-electron chi connectivity index (χ2n) is 1.63. The molecule has 48 valence electrons. The molecule has 0 radical (unpaired) electrons. The van der Waals surface area contributed by atoms with Crippen molar-refractivity contribution in [1.29, 1.82) is 0 Å². The predicted octanol–water partition coefficient (Wildman–Crippen LogP) is 3.34. The molecule has 1 aromatic carbocycles. The molecule has 1 aromatic rings. The average Bonchev–Trinajstić information content (AvgIpc) is 1.59. The molecule has 1 rings (SSSR count). The van der Waals surface area contributed by atoms with Crippen LogP contribution in [0.25, 0.3) is 0 Å². The lowest BCUT2D eigenvalue weighted by Gasteiger charge is -1.93. The highest BCUT2D eigenvalue weighted by atomic mass is 127. The van der Waals surface area contributed by atoms with Gasteiger partial charge in [0, 0.05) is 12.9 Å². The molecule has 0 amide bonds.